The minimum atomic E-state index is 1.06. The van der Waals surface area contributed by atoms with Crippen LogP contribution in [0.3, 0.4) is 0 Å². The first kappa shape index (κ1) is 11.5. The van der Waals surface area contributed by atoms with E-state index in [1.54, 1.807) is 0 Å². The summed E-state index contributed by atoms with van der Waals surface area (Å²) in [6.07, 6.45) is 1.24. The van der Waals surface area contributed by atoms with Crippen molar-refractivity contribution in [2.45, 2.75) is 19.1 Å². The van der Waals surface area contributed by atoms with E-state index in [-0.39, 0.29) is 0 Å². The first-order valence-corrected chi connectivity index (χ1v) is 7.94. The van der Waals surface area contributed by atoms with E-state index < -0.39 is 0 Å². The lowest BCUT2D eigenvalue weighted by Crippen LogP contribution is -2.50. The number of hydrogen-bond acceptors (Lipinski definition) is 3. The third-order valence-electron chi connectivity index (χ3n) is 2.16. The molecular weight excluding hydrogens is 242 g/mol. The van der Waals surface area contributed by atoms with Crippen LogP contribution in [0.1, 0.15) is 16.2 Å². The summed E-state index contributed by atoms with van der Waals surface area (Å²) in [5.41, 5.74) is 3.86. The maximum Gasteiger partial charge on any atom is 0.0747 e. The molecule has 0 amide bonds. The zero-order valence-corrected chi connectivity index (χ0v) is 11.4. The predicted octanol–water partition coefficient (Wildman–Crippen LogP) is 3.14. The lowest BCUT2D eigenvalue weighted by Gasteiger charge is -1.95. The van der Waals surface area contributed by atoms with Gasteiger partial charge in [0.05, 0.1) is 6.54 Å². The van der Waals surface area contributed by atoms with Gasteiger partial charge in [0.25, 0.3) is 0 Å². The SMILES string of the molecule is Cc1cc2sc(CSCCC[NH3+])cc2s1. The average Bonchev–Trinajstić information content (AvgIpc) is 2.69. The Morgan fingerprint density at radius 1 is 1.27 bits per heavy atom. The van der Waals surface area contributed by atoms with Crippen molar-refractivity contribution in [1.82, 2.24) is 0 Å². The van der Waals surface area contributed by atoms with E-state index >= 15 is 0 Å². The van der Waals surface area contributed by atoms with Gasteiger partial charge in [0.2, 0.25) is 0 Å². The summed E-state index contributed by atoms with van der Waals surface area (Å²) in [6, 6.07) is 4.66. The fourth-order valence-electron chi connectivity index (χ4n) is 1.45. The highest BCUT2D eigenvalue weighted by Crippen LogP contribution is 2.34. The number of hydrogen-bond donors (Lipinski definition) is 1. The van der Waals surface area contributed by atoms with Crippen LogP contribution < -0.4 is 5.73 Å². The molecular formula is C11H16NS3+. The van der Waals surface area contributed by atoms with E-state index in [9.17, 15) is 0 Å². The normalized spacial score (nSPS) is 11.3. The predicted molar refractivity (Wildman–Crippen MR) is 73.0 cm³/mol. The monoisotopic (exact) mass is 258 g/mol. The minimum Gasteiger partial charge on any atom is -0.358 e. The van der Waals surface area contributed by atoms with Crippen LogP contribution in [0.5, 0.6) is 0 Å². The largest absolute Gasteiger partial charge is 0.358 e. The molecule has 15 heavy (non-hydrogen) atoms. The molecule has 0 aliphatic heterocycles. The molecule has 0 atom stereocenters. The van der Waals surface area contributed by atoms with Gasteiger partial charge in [0.15, 0.2) is 0 Å². The summed E-state index contributed by atoms with van der Waals surface area (Å²) in [7, 11) is 0. The van der Waals surface area contributed by atoms with E-state index in [0.29, 0.717) is 0 Å². The summed E-state index contributed by atoms with van der Waals surface area (Å²) in [5.74, 6) is 2.42. The highest BCUT2D eigenvalue weighted by atomic mass is 32.2. The highest BCUT2D eigenvalue weighted by molar-refractivity contribution is 7.98. The molecule has 2 rings (SSSR count). The summed E-state index contributed by atoms with van der Waals surface area (Å²) < 4.78 is 2.93. The van der Waals surface area contributed by atoms with E-state index in [1.807, 2.05) is 34.4 Å². The zero-order valence-electron chi connectivity index (χ0n) is 8.91. The molecule has 0 radical (unpaired) electrons. The molecule has 0 aliphatic carbocycles. The highest BCUT2D eigenvalue weighted by Gasteiger charge is 2.04. The minimum absolute atomic E-state index is 1.06. The summed E-state index contributed by atoms with van der Waals surface area (Å²) in [6.45, 7) is 3.24. The summed E-state index contributed by atoms with van der Waals surface area (Å²) in [4.78, 5) is 2.94. The van der Waals surface area contributed by atoms with Crippen LogP contribution in [0, 0.1) is 6.92 Å². The Balaban J connectivity index is 1.94. The molecule has 0 bridgehead atoms. The van der Waals surface area contributed by atoms with Crippen LogP contribution in [-0.4, -0.2) is 12.3 Å². The fraction of sp³-hybridized carbons (Fsp3) is 0.455. The van der Waals surface area contributed by atoms with Gasteiger partial charge >= 0.3 is 0 Å². The van der Waals surface area contributed by atoms with Gasteiger partial charge in [-0.15, -0.1) is 22.7 Å². The van der Waals surface area contributed by atoms with E-state index in [4.69, 9.17) is 0 Å². The number of quaternary nitrogens is 1. The molecule has 82 valence electrons. The van der Waals surface area contributed by atoms with Gasteiger partial charge in [-0.1, -0.05) is 0 Å². The van der Waals surface area contributed by atoms with Gasteiger partial charge < -0.3 is 5.73 Å². The molecule has 0 saturated carbocycles. The third kappa shape index (κ3) is 2.97. The first-order chi connectivity index (χ1) is 7.29. The van der Waals surface area contributed by atoms with Crippen LogP contribution in [0.25, 0.3) is 9.40 Å². The molecule has 2 heterocycles. The third-order valence-corrected chi connectivity index (χ3v) is 5.65. The van der Waals surface area contributed by atoms with Gasteiger partial charge in [-0.2, -0.15) is 11.8 Å². The quantitative estimate of drug-likeness (QED) is 0.820. The Morgan fingerprint density at radius 3 is 2.80 bits per heavy atom. The number of aryl methyl sites for hydroxylation is 1. The van der Waals surface area contributed by atoms with Crippen LogP contribution in [0.4, 0.5) is 0 Å². The number of thiophene rings is 2. The van der Waals surface area contributed by atoms with Crippen molar-refractivity contribution >= 4 is 43.8 Å². The van der Waals surface area contributed by atoms with E-state index in [2.05, 4.69) is 24.8 Å². The second-order valence-corrected chi connectivity index (χ2v) is 7.12. The van der Waals surface area contributed by atoms with Crippen LogP contribution in [0.15, 0.2) is 12.1 Å². The Kier molecular flexibility index (Phi) is 4.08. The first-order valence-electron chi connectivity index (χ1n) is 5.15. The van der Waals surface area contributed by atoms with Crippen molar-refractivity contribution in [1.29, 1.82) is 0 Å². The van der Waals surface area contributed by atoms with Crippen LogP contribution in [-0.2, 0) is 5.75 Å². The molecule has 2 aromatic rings. The van der Waals surface area contributed by atoms with E-state index in [0.717, 1.165) is 6.54 Å². The van der Waals surface area contributed by atoms with Crippen molar-refractivity contribution < 1.29 is 5.73 Å². The van der Waals surface area contributed by atoms with Crippen molar-refractivity contribution in [3.63, 3.8) is 0 Å². The Labute approximate surface area is 103 Å². The molecule has 0 unspecified atom stereocenters. The fourth-order valence-corrected chi connectivity index (χ4v) is 4.92. The molecule has 2 aromatic heterocycles. The number of rotatable bonds is 5. The Bertz CT molecular complexity index is 398. The van der Waals surface area contributed by atoms with Crippen LogP contribution in [0.2, 0.25) is 0 Å². The second kappa shape index (κ2) is 5.34. The van der Waals surface area contributed by atoms with Gasteiger partial charge in [0.1, 0.15) is 0 Å². The smallest absolute Gasteiger partial charge is 0.0747 e. The molecule has 0 saturated heterocycles. The van der Waals surface area contributed by atoms with Crippen LogP contribution >= 0.6 is 34.4 Å². The van der Waals surface area contributed by atoms with Gasteiger partial charge in [0, 0.05) is 31.3 Å². The number of thioether (sulfide) groups is 1. The molecule has 0 aromatic carbocycles. The zero-order chi connectivity index (χ0) is 10.7. The van der Waals surface area contributed by atoms with Crippen molar-refractivity contribution in [2.24, 2.45) is 0 Å². The topological polar surface area (TPSA) is 27.6 Å². The molecule has 0 fully saturated rings. The van der Waals surface area contributed by atoms with Crippen molar-refractivity contribution in [3.05, 3.63) is 21.9 Å². The second-order valence-electron chi connectivity index (χ2n) is 3.56. The standard InChI is InChI=1S/C11H15NS3/c1-8-5-10-11(14-8)6-9(15-10)7-13-4-2-3-12/h5-6H,2-4,7,12H2,1H3/p+1. The molecule has 0 aliphatic rings. The lowest BCUT2D eigenvalue weighted by atomic mass is 10.4. The van der Waals surface area contributed by atoms with Gasteiger partial charge in [-0.05, 0) is 24.8 Å². The molecule has 3 N–H and O–H groups in total. The maximum absolute atomic E-state index is 3.86. The van der Waals surface area contributed by atoms with Crippen molar-refractivity contribution in [2.75, 3.05) is 12.3 Å². The Hall–Kier alpha value is -0.0300. The lowest BCUT2D eigenvalue weighted by molar-refractivity contribution is -0.367. The van der Waals surface area contributed by atoms with Gasteiger partial charge in [-0.25, -0.2) is 0 Å². The molecule has 0 spiro atoms. The summed E-state index contributed by atoms with van der Waals surface area (Å²) >= 11 is 5.89. The van der Waals surface area contributed by atoms with E-state index in [1.165, 1.54) is 37.1 Å². The van der Waals surface area contributed by atoms with Crippen molar-refractivity contribution in [3.8, 4) is 0 Å². The number of fused-ring (bicyclic) bond motifs is 1. The summed E-state index contributed by atoms with van der Waals surface area (Å²) in [5, 5.41) is 0. The molecule has 4 heteroatoms. The molecule has 1 nitrogen and oxygen atoms in total. The Morgan fingerprint density at radius 2 is 2.07 bits per heavy atom. The maximum atomic E-state index is 3.86. The van der Waals surface area contributed by atoms with Gasteiger partial charge in [-0.3, -0.25) is 0 Å². The average molecular weight is 258 g/mol.